The van der Waals surface area contributed by atoms with Crippen LogP contribution >= 0.6 is 0 Å². The van der Waals surface area contributed by atoms with Crippen LogP contribution in [0.5, 0.6) is 17.2 Å². The van der Waals surface area contributed by atoms with Crippen molar-refractivity contribution in [1.82, 2.24) is 0 Å². The van der Waals surface area contributed by atoms with Crippen molar-refractivity contribution in [3.8, 4) is 29.6 Å². The van der Waals surface area contributed by atoms with Gasteiger partial charge in [0.2, 0.25) is 0 Å². The molecule has 0 aliphatic heterocycles. The second-order valence-electron chi connectivity index (χ2n) is 2.15. The van der Waals surface area contributed by atoms with E-state index >= 15 is 0 Å². The highest BCUT2D eigenvalue weighted by molar-refractivity contribution is 5.59. The van der Waals surface area contributed by atoms with Gasteiger partial charge in [0.25, 0.3) is 0 Å². The fourth-order valence-corrected chi connectivity index (χ4v) is 0.868. The van der Waals surface area contributed by atoms with Crippen molar-refractivity contribution in [3.63, 3.8) is 0 Å². The predicted octanol–water partition coefficient (Wildman–Crippen LogP) is 1.09. The van der Waals surface area contributed by atoms with Crippen molar-refractivity contribution in [1.29, 1.82) is 0 Å². The number of aromatic hydroxyl groups is 2. The minimum absolute atomic E-state index is 0.0503. The Morgan fingerprint density at radius 2 is 2.08 bits per heavy atom. The summed E-state index contributed by atoms with van der Waals surface area (Å²) in [6.45, 7) is 0. The van der Waals surface area contributed by atoms with E-state index in [0.717, 1.165) is 0 Å². The molecular formula is C9H8O3. The summed E-state index contributed by atoms with van der Waals surface area (Å²) >= 11 is 0. The molecule has 3 nitrogen and oxygen atoms in total. The standard InChI is InChI=1S/C9H8O3/c1-3-6-7(10)4-5-8(12-2)9(6)11/h1,4-5,10-11H,2H3. The maximum absolute atomic E-state index is 9.34. The summed E-state index contributed by atoms with van der Waals surface area (Å²) < 4.78 is 4.79. The minimum atomic E-state index is -0.208. The van der Waals surface area contributed by atoms with Crippen LogP contribution in [0.2, 0.25) is 0 Å². The molecule has 0 unspecified atom stereocenters. The Kier molecular flexibility index (Phi) is 2.11. The molecule has 0 aliphatic rings. The van der Waals surface area contributed by atoms with Gasteiger partial charge in [-0.3, -0.25) is 0 Å². The number of methoxy groups -OCH3 is 1. The van der Waals surface area contributed by atoms with E-state index in [1.54, 1.807) is 0 Å². The van der Waals surface area contributed by atoms with E-state index in [4.69, 9.17) is 16.3 Å². The summed E-state index contributed by atoms with van der Waals surface area (Å²) in [6.07, 6.45) is 5.05. The van der Waals surface area contributed by atoms with E-state index in [1.807, 2.05) is 0 Å². The van der Waals surface area contributed by atoms with E-state index < -0.39 is 0 Å². The summed E-state index contributed by atoms with van der Waals surface area (Å²) in [6, 6.07) is 2.80. The number of terminal acetylenes is 1. The Morgan fingerprint density at radius 3 is 2.58 bits per heavy atom. The predicted molar refractivity (Wildman–Crippen MR) is 44.3 cm³/mol. The first-order chi connectivity index (χ1) is 5.70. The molecule has 0 saturated carbocycles. The maximum atomic E-state index is 9.34. The van der Waals surface area contributed by atoms with E-state index in [9.17, 15) is 5.11 Å². The highest BCUT2D eigenvalue weighted by atomic mass is 16.5. The van der Waals surface area contributed by atoms with E-state index in [-0.39, 0.29) is 22.8 Å². The Morgan fingerprint density at radius 1 is 1.42 bits per heavy atom. The van der Waals surface area contributed by atoms with Crippen molar-refractivity contribution in [3.05, 3.63) is 17.7 Å². The summed E-state index contributed by atoms with van der Waals surface area (Å²) in [5, 5.41) is 18.5. The molecule has 0 heterocycles. The summed E-state index contributed by atoms with van der Waals surface area (Å²) in [7, 11) is 1.41. The zero-order chi connectivity index (χ0) is 9.14. The van der Waals surface area contributed by atoms with Crippen LogP contribution < -0.4 is 4.74 Å². The second-order valence-corrected chi connectivity index (χ2v) is 2.15. The molecule has 62 valence electrons. The number of phenolic OH excluding ortho intramolecular Hbond substituents is 2. The first kappa shape index (κ1) is 8.28. The van der Waals surface area contributed by atoms with E-state index in [1.165, 1.54) is 19.2 Å². The van der Waals surface area contributed by atoms with Crippen LogP contribution in [0.25, 0.3) is 0 Å². The molecule has 2 N–H and O–H groups in total. The molecule has 0 fully saturated rings. The zero-order valence-electron chi connectivity index (χ0n) is 6.53. The SMILES string of the molecule is C#Cc1c(O)ccc(OC)c1O. The average Bonchev–Trinajstić information content (AvgIpc) is 2.06. The molecule has 0 aliphatic carbocycles. The van der Waals surface area contributed by atoms with Gasteiger partial charge in [-0.15, -0.1) is 6.42 Å². The quantitative estimate of drug-likeness (QED) is 0.611. The number of benzene rings is 1. The van der Waals surface area contributed by atoms with Gasteiger partial charge in [-0.2, -0.15) is 0 Å². The topological polar surface area (TPSA) is 49.7 Å². The van der Waals surface area contributed by atoms with Gasteiger partial charge in [0.15, 0.2) is 11.5 Å². The van der Waals surface area contributed by atoms with Gasteiger partial charge in [0.1, 0.15) is 11.3 Å². The number of phenols is 2. The van der Waals surface area contributed by atoms with Crippen LogP contribution in [-0.2, 0) is 0 Å². The maximum Gasteiger partial charge on any atom is 0.177 e. The number of ether oxygens (including phenoxy) is 1. The summed E-state index contributed by atoms with van der Waals surface area (Å²) in [4.78, 5) is 0. The van der Waals surface area contributed by atoms with Crippen molar-refractivity contribution < 1.29 is 14.9 Å². The third kappa shape index (κ3) is 1.15. The van der Waals surface area contributed by atoms with Crippen molar-refractivity contribution in [2.75, 3.05) is 7.11 Å². The molecule has 1 aromatic carbocycles. The molecule has 0 spiro atoms. The molecular weight excluding hydrogens is 156 g/mol. The van der Waals surface area contributed by atoms with Crippen LogP contribution in [0, 0.1) is 12.3 Å². The molecule has 0 amide bonds. The smallest absolute Gasteiger partial charge is 0.177 e. The monoisotopic (exact) mass is 164 g/mol. The minimum Gasteiger partial charge on any atom is -0.506 e. The molecule has 0 saturated heterocycles. The lowest BCUT2D eigenvalue weighted by Gasteiger charge is -2.05. The van der Waals surface area contributed by atoms with Crippen LogP contribution in [-0.4, -0.2) is 17.3 Å². The Bertz CT molecular complexity index is 336. The van der Waals surface area contributed by atoms with Gasteiger partial charge in [-0.25, -0.2) is 0 Å². The lowest BCUT2D eigenvalue weighted by atomic mass is 10.2. The first-order valence-electron chi connectivity index (χ1n) is 3.26. The van der Waals surface area contributed by atoms with Crippen LogP contribution in [0.15, 0.2) is 12.1 Å². The second kappa shape index (κ2) is 3.05. The highest BCUT2D eigenvalue weighted by Crippen LogP contribution is 2.34. The summed E-state index contributed by atoms with van der Waals surface area (Å²) in [5.74, 6) is 2.07. The lowest BCUT2D eigenvalue weighted by Crippen LogP contribution is -1.86. The third-order valence-electron chi connectivity index (χ3n) is 1.48. The fourth-order valence-electron chi connectivity index (χ4n) is 0.868. The lowest BCUT2D eigenvalue weighted by molar-refractivity contribution is 0.368. The van der Waals surface area contributed by atoms with Crippen LogP contribution in [0.1, 0.15) is 5.56 Å². The molecule has 0 aromatic heterocycles. The number of hydrogen-bond donors (Lipinski definition) is 2. The molecule has 12 heavy (non-hydrogen) atoms. The van der Waals surface area contributed by atoms with Crippen LogP contribution in [0.3, 0.4) is 0 Å². The Balaban J connectivity index is 3.36. The first-order valence-corrected chi connectivity index (χ1v) is 3.26. The van der Waals surface area contributed by atoms with Gasteiger partial charge >= 0.3 is 0 Å². The van der Waals surface area contributed by atoms with Crippen LogP contribution in [0.4, 0.5) is 0 Å². The number of rotatable bonds is 1. The third-order valence-corrected chi connectivity index (χ3v) is 1.48. The molecule has 0 atom stereocenters. The van der Waals surface area contributed by atoms with Crippen molar-refractivity contribution in [2.45, 2.75) is 0 Å². The normalized spacial score (nSPS) is 9.00. The van der Waals surface area contributed by atoms with Gasteiger partial charge in [-0.05, 0) is 12.1 Å². The molecule has 3 heteroatoms. The Labute approximate surface area is 70.2 Å². The molecule has 1 rings (SSSR count). The largest absolute Gasteiger partial charge is 0.506 e. The molecule has 1 aromatic rings. The summed E-state index contributed by atoms with van der Waals surface area (Å²) in [5.41, 5.74) is 0.0503. The van der Waals surface area contributed by atoms with Crippen molar-refractivity contribution in [2.24, 2.45) is 0 Å². The van der Waals surface area contributed by atoms with Gasteiger partial charge in [0.05, 0.1) is 7.11 Å². The molecule has 0 bridgehead atoms. The van der Waals surface area contributed by atoms with Gasteiger partial charge in [0, 0.05) is 0 Å². The van der Waals surface area contributed by atoms with E-state index in [0.29, 0.717) is 0 Å². The van der Waals surface area contributed by atoms with Gasteiger partial charge < -0.3 is 14.9 Å². The van der Waals surface area contributed by atoms with E-state index in [2.05, 4.69) is 5.92 Å². The highest BCUT2D eigenvalue weighted by Gasteiger charge is 2.09. The zero-order valence-corrected chi connectivity index (χ0v) is 6.53. The van der Waals surface area contributed by atoms with Gasteiger partial charge in [-0.1, -0.05) is 5.92 Å². The average molecular weight is 164 g/mol. The number of hydrogen-bond acceptors (Lipinski definition) is 3. The van der Waals surface area contributed by atoms with Crippen molar-refractivity contribution >= 4 is 0 Å². The Hall–Kier alpha value is -1.82. The molecule has 0 radical (unpaired) electrons. The fraction of sp³-hybridized carbons (Fsp3) is 0.111.